The summed E-state index contributed by atoms with van der Waals surface area (Å²) >= 11 is 0.695. The number of para-hydroxylation sites is 1. The van der Waals surface area contributed by atoms with Gasteiger partial charge in [-0.1, -0.05) is 25.1 Å². The summed E-state index contributed by atoms with van der Waals surface area (Å²) in [7, 11) is 0. The number of aliphatic carboxylic acids is 1. The summed E-state index contributed by atoms with van der Waals surface area (Å²) in [5.74, 6) is -2.13. The third-order valence-electron chi connectivity index (χ3n) is 3.63. The van der Waals surface area contributed by atoms with Gasteiger partial charge in [0.1, 0.15) is 12.3 Å². The molecule has 0 spiro atoms. The molecule has 2 amide bonds. The predicted molar refractivity (Wildman–Crippen MR) is 98.1 cm³/mol. The normalized spacial score (nSPS) is 16.5. The summed E-state index contributed by atoms with van der Waals surface area (Å²) in [5.41, 5.74) is 0.450. The number of thioether (sulfide) groups is 1. The zero-order valence-corrected chi connectivity index (χ0v) is 15.7. The Balaban J connectivity index is 2.14. The van der Waals surface area contributed by atoms with E-state index in [4.69, 9.17) is 14.6 Å². The van der Waals surface area contributed by atoms with E-state index in [0.717, 1.165) is 4.90 Å². The monoisotopic (exact) mass is 393 g/mol. The molecule has 1 N–H and O–H groups in total. The van der Waals surface area contributed by atoms with Crippen molar-refractivity contribution in [3.63, 3.8) is 0 Å². The molecule has 27 heavy (non-hydrogen) atoms. The van der Waals surface area contributed by atoms with Crippen LogP contribution in [0, 0.1) is 0 Å². The summed E-state index contributed by atoms with van der Waals surface area (Å²) in [4.78, 5) is 48.0. The van der Waals surface area contributed by atoms with Crippen LogP contribution in [-0.2, 0) is 19.1 Å². The molecule has 0 bridgehead atoms. The van der Waals surface area contributed by atoms with Gasteiger partial charge in [-0.05, 0) is 37.2 Å². The Bertz CT molecular complexity index is 790. The number of esters is 1. The molecular formula is C18H19NO7S. The summed E-state index contributed by atoms with van der Waals surface area (Å²) in [6.45, 7) is 2.58. The number of amides is 2. The second-order valence-electron chi connectivity index (χ2n) is 5.70. The van der Waals surface area contributed by atoms with E-state index in [1.165, 1.54) is 6.08 Å². The van der Waals surface area contributed by atoms with E-state index in [1.807, 2.05) is 6.92 Å². The number of carbonyl (C=O) groups is 4. The largest absolute Gasteiger partial charge is 0.481 e. The van der Waals surface area contributed by atoms with Crippen LogP contribution in [0.3, 0.4) is 0 Å². The molecule has 1 aliphatic rings. The fourth-order valence-electron chi connectivity index (χ4n) is 2.12. The van der Waals surface area contributed by atoms with Gasteiger partial charge < -0.3 is 14.6 Å². The Morgan fingerprint density at radius 3 is 2.67 bits per heavy atom. The minimum atomic E-state index is -1.13. The lowest BCUT2D eigenvalue weighted by Gasteiger charge is -2.14. The highest BCUT2D eigenvalue weighted by Gasteiger charge is 2.37. The number of carboxylic acid groups (broad SMARTS) is 1. The highest BCUT2D eigenvalue weighted by Crippen LogP contribution is 2.33. The SMILES string of the molecule is CCC(C)OC(=O)CN1C(=O)SC(=Cc2ccccc2OCC(=O)O)C1=O. The van der Waals surface area contributed by atoms with Crippen LogP contribution in [0.1, 0.15) is 25.8 Å². The van der Waals surface area contributed by atoms with Crippen molar-refractivity contribution in [2.45, 2.75) is 26.4 Å². The number of hydrogen-bond acceptors (Lipinski definition) is 7. The highest BCUT2D eigenvalue weighted by molar-refractivity contribution is 8.18. The second-order valence-corrected chi connectivity index (χ2v) is 6.69. The maximum absolute atomic E-state index is 12.5. The number of rotatable bonds is 8. The third-order valence-corrected chi connectivity index (χ3v) is 4.53. The van der Waals surface area contributed by atoms with Gasteiger partial charge >= 0.3 is 11.9 Å². The topological polar surface area (TPSA) is 110 Å². The molecule has 0 radical (unpaired) electrons. The molecule has 1 aromatic carbocycles. The van der Waals surface area contributed by atoms with Crippen molar-refractivity contribution in [2.75, 3.05) is 13.2 Å². The van der Waals surface area contributed by atoms with Gasteiger partial charge in [0.2, 0.25) is 0 Å². The van der Waals surface area contributed by atoms with Crippen LogP contribution < -0.4 is 4.74 Å². The van der Waals surface area contributed by atoms with Gasteiger partial charge in [-0.3, -0.25) is 19.3 Å². The number of carboxylic acids is 1. The van der Waals surface area contributed by atoms with Gasteiger partial charge in [0.25, 0.3) is 11.1 Å². The first kappa shape index (κ1) is 20.5. The van der Waals surface area contributed by atoms with E-state index in [1.54, 1.807) is 31.2 Å². The van der Waals surface area contributed by atoms with E-state index in [-0.39, 0.29) is 16.8 Å². The highest BCUT2D eigenvalue weighted by atomic mass is 32.2. The first-order valence-electron chi connectivity index (χ1n) is 8.20. The molecule has 1 heterocycles. The molecule has 9 heteroatoms. The van der Waals surface area contributed by atoms with E-state index in [9.17, 15) is 19.2 Å². The van der Waals surface area contributed by atoms with Gasteiger partial charge in [-0.15, -0.1) is 0 Å². The van der Waals surface area contributed by atoms with Crippen molar-refractivity contribution >= 4 is 40.9 Å². The van der Waals surface area contributed by atoms with Crippen molar-refractivity contribution in [1.29, 1.82) is 0 Å². The van der Waals surface area contributed by atoms with E-state index >= 15 is 0 Å². The standard InChI is InChI=1S/C18H19NO7S/c1-3-11(2)26-16(22)9-19-17(23)14(27-18(19)24)8-12-6-4-5-7-13(12)25-10-15(20)21/h4-8,11H,3,9-10H2,1-2H3,(H,20,21). The molecule has 1 aromatic rings. The minimum Gasteiger partial charge on any atom is -0.481 e. The molecule has 0 aliphatic carbocycles. The maximum Gasteiger partial charge on any atom is 0.341 e. The first-order chi connectivity index (χ1) is 12.8. The minimum absolute atomic E-state index is 0.114. The summed E-state index contributed by atoms with van der Waals surface area (Å²) < 4.78 is 10.3. The molecule has 0 saturated carbocycles. The smallest absolute Gasteiger partial charge is 0.341 e. The molecular weight excluding hydrogens is 374 g/mol. The molecule has 1 saturated heterocycles. The van der Waals surface area contributed by atoms with E-state index in [0.29, 0.717) is 23.7 Å². The predicted octanol–water partition coefficient (Wildman–Crippen LogP) is 2.53. The fourth-order valence-corrected chi connectivity index (χ4v) is 2.95. The molecule has 1 unspecified atom stereocenters. The number of imide groups is 1. The van der Waals surface area contributed by atoms with Crippen molar-refractivity contribution in [2.24, 2.45) is 0 Å². The molecule has 8 nitrogen and oxygen atoms in total. The summed E-state index contributed by atoms with van der Waals surface area (Å²) in [5, 5.41) is 8.16. The lowest BCUT2D eigenvalue weighted by atomic mass is 10.2. The number of carbonyl (C=O) groups excluding carboxylic acids is 3. The average Bonchev–Trinajstić information content (AvgIpc) is 2.88. The Morgan fingerprint density at radius 1 is 1.30 bits per heavy atom. The van der Waals surface area contributed by atoms with Gasteiger partial charge in [0.15, 0.2) is 6.61 Å². The lowest BCUT2D eigenvalue weighted by molar-refractivity contribution is -0.150. The van der Waals surface area contributed by atoms with Crippen LogP contribution in [0.2, 0.25) is 0 Å². The van der Waals surface area contributed by atoms with Gasteiger partial charge in [-0.25, -0.2) is 4.79 Å². The zero-order chi connectivity index (χ0) is 20.0. The summed E-state index contributed by atoms with van der Waals surface area (Å²) in [6.07, 6.45) is 1.76. The van der Waals surface area contributed by atoms with Crippen LogP contribution in [-0.4, -0.2) is 52.3 Å². The molecule has 1 aliphatic heterocycles. The molecule has 0 aromatic heterocycles. The van der Waals surface area contributed by atoms with Gasteiger partial charge in [0.05, 0.1) is 11.0 Å². The number of benzene rings is 1. The Hall–Kier alpha value is -2.81. The molecule has 1 fully saturated rings. The number of ether oxygens (including phenoxy) is 2. The van der Waals surface area contributed by atoms with Crippen LogP contribution in [0.5, 0.6) is 5.75 Å². The van der Waals surface area contributed by atoms with Crippen LogP contribution in [0.15, 0.2) is 29.2 Å². The zero-order valence-electron chi connectivity index (χ0n) is 14.8. The first-order valence-corrected chi connectivity index (χ1v) is 9.02. The van der Waals surface area contributed by atoms with E-state index < -0.39 is 36.2 Å². The second kappa shape index (κ2) is 9.22. The Morgan fingerprint density at radius 2 is 2.00 bits per heavy atom. The third kappa shape index (κ3) is 5.58. The molecule has 2 rings (SSSR count). The van der Waals surface area contributed by atoms with E-state index in [2.05, 4.69) is 0 Å². The Labute approximate surface area is 160 Å². The van der Waals surface area contributed by atoms with Gasteiger partial charge in [0, 0.05) is 5.56 Å². The van der Waals surface area contributed by atoms with Crippen molar-refractivity contribution in [3.8, 4) is 5.75 Å². The maximum atomic E-state index is 12.5. The molecule has 144 valence electrons. The van der Waals surface area contributed by atoms with Crippen LogP contribution >= 0.6 is 11.8 Å². The van der Waals surface area contributed by atoms with Crippen molar-refractivity contribution in [3.05, 3.63) is 34.7 Å². The Kier molecular flexibility index (Phi) is 7.00. The number of nitrogens with zero attached hydrogens (tertiary/aromatic N) is 1. The van der Waals surface area contributed by atoms with Crippen molar-refractivity contribution in [1.82, 2.24) is 4.90 Å². The van der Waals surface area contributed by atoms with Crippen LogP contribution in [0.4, 0.5) is 4.79 Å². The van der Waals surface area contributed by atoms with Crippen molar-refractivity contribution < 1.29 is 33.8 Å². The molecule has 1 atom stereocenters. The fraction of sp³-hybridized carbons (Fsp3) is 0.333. The van der Waals surface area contributed by atoms with Crippen LogP contribution in [0.25, 0.3) is 6.08 Å². The number of hydrogen-bond donors (Lipinski definition) is 1. The van der Waals surface area contributed by atoms with Gasteiger partial charge in [-0.2, -0.15) is 0 Å². The lowest BCUT2D eigenvalue weighted by Crippen LogP contribution is -2.35. The average molecular weight is 393 g/mol. The quantitative estimate of drug-likeness (QED) is 0.530. The summed E-state index contributed by atoms with van der Waals surface area (Å²) in [6, 6.07) is 6.53.